The molecular weight excluding hydrogens is 474 g/mol. The van der Waals surface area contributed by atoms with Gasteiger partial charge in [-0.3, -0.25) is 9.59 Å². The van der Waals surface area contributed by atoms with E-state index in [0.717, 1.165) is 11.1 Å². The lowest BCUT2D eigenvalue weighted by Gasteiger charge is -2.16. The van der Waals surface area contributed by atoms with E-state index in [-0.39, 0.29) is 11.8 Å². The number of likely N-dealkylation sites (tertiary alicyclic amines) is 1. The SMILES string of the molecule is Cc1ccc(NC(=O)c2cc(Oc3ccc(-c4nnc(C)o4)cc3)cc(OC3CCN(C)C3=O)c2)nc1. The number of aromatic nitrogens is 3. The van der Waals surface area contributed by atoms with Gasteiger partial charge in [-0.1, -0.05) is 6.07 Å². The van der Waals surface area contributed by atoms with Crippen molar-refractivity contribution in [3.8, 4) is 28.7 Å². The number of hydrogen-bond donors (Lipinski definition) is 1. The summed E-state index contributed by atoms with van der Waals surface area (Å²) in [7, 11) is 1.73. The smallest absolute Gasteiger partial charge is 0.263 e. The summed E-state index contributed by atoms with van der Waals surface area (Å²) in [5.74, 6) is 2.08. The van der Waals surface area contributed by atoms with Gasteiger partial charge < -0.3 is 24.1 Å². The maximum absolute atomic E-state index is 13.1. The zero-order valence-corrected chi connectivity index (χ0v) is 20.6. The van der Waals surface area contributed by atoms with Crippen molar-refractivity contribution >= 4 is 17.6 Å². The van der Waals surface area contributed by atoms with E-state index in [1.807, 2.05) is 13.0 Å². The van der Waals surface area contributed by atoms with Gasteiger partial charge in [-0.2, -0.15) is 0 Å². The molecule has 1 saturated heterocycles. The first-order valence-corrected chi connectivity index (χ1v) is 11.7. The summed E-state index contributed by atoms with van der Waals surface area (Å²) >= 11 is 0. The highest BCUT2D eigenvalue weighted by Gasteiger charge is 2.31. The van der Waals surface area contributed by atoms with Gasteiger partial charge >= 0.3 is 0 Å². The maximum Gasteiger partial charge on any atom is 0.263 e. The lowest BCUT2D eigenvalue weighted by atomic mass is 10.1. The number of nitrogens with zero attached hydrogens (tertiary/aromatic N) is 4. The highest BCUT2D eigenvalue weighted by molar-refractivity contribution is 6.04. The van der Waals surface area contributed by atoms with Crippen LogP contribution in [0.4, 0.5) is 5.82 Å². The van der Waals surface area contributed by atoms with Crippen molar-refractivity contribution in [2.75, 3.05) is 18.9 Å². The number of likely N-dealkylation sites (N-methyl/N-ethyl adjacent to an activating group) is 1. The molecular formula is C27H25N5O5. The normalized spacial score (nSPS) is 15.1. The van der Waals surface area contributed by atoms with Crippen LogP contribution in [0, 0.1) is 13.8 Å². The van der Waals surface area contributed by atoms with Crippen LogP contribution >= 0.6 is 0 Å². The second-order valence-electron chi connectivity index (χ2n) is 8.78. The van der Waals surface area contributed by atoms with E-state index in [1.165, 1.54) is 0 Å². The van der Waals surface area contributed by atoms with Crippen LogP contribution in [0.3, 0.4) is 0 Å². The Bertz CT molecular complexity index is 1430. The number of carbonyl (C=O) groups excluding carboxylic acids is 2. The molecule has 0 radical (unpaired) electrons. The molecule has 0 saturated carbocycles. The minimum absolute atomic E-state index is 0.104. The van der Waals surface area contributed by atoms with Gasteiger partial charge in [0, 0.05) is 50.3 Å². The third-order valence-corrected chi connectivity index (χ3v) is 5.81. The zero-order chi connectivity index (χ0) is 25.9. The Kier molecular flexibility index (Phi) is 6.55. The molecule has 2 amide bonds. The summed E-state index contributed by atoms with van der Waals surface area (Å²) in [5.41, 5.74) is 2.03. The van der Waals surface area contributed by atoms with Gasteiger partial charge in [0.1, 0.15) is 23.1 Å². The van der Waals surface area contributed by atoms with Gasteiger partial charge in [0.15, 0.2) is 6.10 Å². The van der Waals surface area contributed by atoms with Crippen LogP contribution in [-0.4, -0.2) is 51.6 Å². The quantitative estimate of drug-likeness (QED) is 0.397. The van der Waals surface area contributed by atoms with E-state index >= 15 is 0 Å². The van der Waals surface area contributed by atoms with Gasteiger partial charge in [-0.15, -0.1) is 10.2 Å². The van der Waals surface area contributed by atoms with E-state index in [9.17, 15) is 9.59 Å². The van der Waals surface area contributed by atoms with Gasteiger partial charge in [0.25, 0.3) is 11.8 Å². The largest absolute Gasteiger partial charge is 0.480 e. The fourth-order valence-electron chi connectivity index (χ4n) is 3.84. The molecule has 1 unspecified atom stereocenters. The molecule has 188 valence electrons. The second kappa shape index (κ2) is 10.1. The lowest BCUT2D eigenvalue weighted by molar-refractivity contribution is -0.132. The topological polar surface area (TPSA) is 120 Å². The summed E-state index contributed by atoms with van der Waals surface area (Å²) in [6.45, 7) is 4.25. The fraction of sp³-hybridized carbons (Fsp3) is 0.222. The van der Waals surface area contributed by atoms with Gasteiger partial charge in [-0.25, -0.2) is 4.98 Å². The summed E-state index contributed by atoms with van der Waals surface area (Å²) < 4.78 is 17.5. The molecule has 1 fully saturated rings. The van der Waals surface area contributed by atoms with Crippen LogP contribution in [0.5, 0.6) is 17.2 Å². The average Bonchev–Trinajstić information content (AvgIpc) is 3.46. The first-order chi connectivity index (χ1) is 17.8. The number of nitrogens with one attached hydrogen (secondary N) is 1. The zero-order valence-electron chi connectivity index (χ0n) is 20.6. The molecule has 0 spiro atoms. The molecule has 1 N–H and O–H groups in total. The highest BCUT2D eigenvalue weighted by atomic mass is 16.5. The van der Waals surface area contributed by atoms with Crippen molar-refractivity contribution < 1.29 is 23.5 Å². The third kappa shape index (κ3) is 5.58. The van der Waals surface area contributed by atoms with Crippen molar-refractivity contribution in [1.29, 1.82) is 0 Å². The Morgan fingerprint density at radius 1 is 1.03 bits per heavy atom. The maximum atomic E-state index is 13.1. The van der Waals surface area contributed by atoms with Crippen LogP contribution < -0.4 is 14.8 Å². The summed E-state index contributed by atoms with van der Waals surface area (Å²) in [4.78, 5) is 31.3. The molecule has 5 rings (SSSR count). The predicted octanol–water partition coefficient (Wildman–Crippen LogP) is 4.40. The van der Waals surface area contributed by atoms with E-state index in [4.69, 9.17) is 13.9 Å². The minimum atomic E-state index is -0.618. The molecule has 0 bridgehead atoms. The van der Waals surface area contributed by atoms with Gasteiger partial charge in [0.05, 0.1) is 0 Å². The minimum Gasteiger partial charge on any atom is -0.480 e. The van der Waals surface area contributed by atoms with E-state index in [1.54, 1.807) is 73.6 Å². The number of anilines is 1. The van der Waals surface area contributed by atoms with E-state index in [2.05, 4.69) is 20.5 Å². The van der Waals surface area contributed by atoms with Crippen molar-refractivity contribution in [1.82, 2.24) is 20.1 Å². The monoisotopic (exact) mass is 499 g/mol. The molecule has 1 atom stereocenters. The second-order valence-corrected chi connectivity index (χ2v) is 8.78. The van der Waals surface area contributed by atoms with Gasteiger partial charge in [-0.05, 0) is 55.0 Å². The molecule has 10 heteroatoms. The first-order valence-electron chi connectivity index (χ1n) is 11.7. The van der Waals surface area contributed by atoms with Crippen molar-refractivity contribution in [2.24, 2.45) is 0 Å². The molecule has 2 aromatic carbocycles. The van der Waals surface area contributed by atoms with E-state index < -0.39 is 6.10 Å². The average molecular weight is 500 g/mol. The van der Waals surface area contributed by atoms with Crippen molar-refractivity contribution in [3.63, 3.8) is 0 Å². The Morgan fingerprint density at radius 2 is 1.81 bits per heavy atom. The molecule has 4 aromatic rings. The Balaban J connectivity index is 1.40. The predicted molar refractivity (Wildman–Crippen MR) is 135 cm³/mol. The third-order valence-electron chi connectivity index (χ3n) is 5.81. The molecule has 0 aliphatic carbocycles. The van der Waals surface area contributed by atoms with Crippen LogP contribution in [0.15, 0.2) is 65.2 Å². The Hall–Kier alpha value is -4.73. The number of ether oxygens (including phenoxy) is 2. The first kappa shape index (κ1) is 24.0. The molecule has 3 heterocycles. The standard InChI is InChI=1S/C27H25N5O5/c1-16-4-9-24(28-15-16)29-25(33)19-12-21(14-22(13-19)37-23-10-11-32(3)27(23)34)36-20-7-5-18(6-8-20)26-31-30-17(2)35-26/h4-9,12-15,23H,10-11H2,1-3H3,(H,28,29,33). The number of rotatable bonds is 7. The van der Waals surface area contributed by atoms with Crippen LogP contribution in [0.2, 0.25) is 0 Å². The Morgan fingerprint density at radius 3 is 2.46 bits per heavy atom. The Labute approximate surface area is 213 Å². The molecule has 10 nitrogen and oxygen atoms in total. The summed E-state index contributed by atoms with van der Waals surface area (Å²) in [6.07, 6.45) is 1.61. The number of hydrogen-bond acceptors (Lipinski definition) is 8. The fourth-order valence-corrected chi connectivity index (χ4v) is 3.84. The van der Waals surface area contributed by atoms with Gasteiger partial charge in [0.2, 0.25) is 11.8 Å². The molecule has 2 aromatic heterocycles. The summed E-state index contributed by atoms with van der Waals surface area (Å²) in [6, 6.07) is 15.5. The highest BCUT2D eigenvalue weighted by Crippen LogP contribution is 2.31. The van der Waals surface area contributed by atoms with Crippen molar-refractivity contribution in [2.45, 2.75) is 26.4 Å². The number of carbonyl (C=O) groups is 2. The number of benzene rings is 2. The van der Waals surface area contributed by atoms with Crippen LogP contribution in [0.25, 0.3) is 11.5 Å². The van der Waals surface area contributed by atoms with Crippen LogP contribution in [0.1, 0.15) is 28.2 Å². The molecule has 37 heavy (non-hydrogen) atoms. The van der Waals surface area contributed by atoms with E-state index in [0.29, 0.717) is 53.4 Å². The number of aryl methyl sites for hydroxylation is 2. The lowest BCUT2D eigenvalue weighted by Crippen LogP contribution is -2.29. The van der Waals surface area contributed by atoms with Crippen LogP contribution in [-0.2, 0) is 4.79 Å². The molecule has 1 aliphatic heterocycles. The number of amides is 2. The number of pyridine rings is 1. The molecule has 1 aliphatic rings. The van der Waals surface area contributed by atoms with Crippen molar-refractivity contribution in [3.05, 3.63) is 77.8 Å². The summed E-state index contributed by atoms with van der Waals surface area (Å²) in [5, 5.41) is 10.6.